The highest BCUT2D eigenvalue weighted by Gasteiger charge is 2.15. The molecule has 154 valence electrons. The Morgan fingerprint density at radius 1 is 1.21 bits per heavy atom. The molecule has 1 N–H and O–H groups in total. The van der Waals surface area contributed by atoms with Gasteiger partial charge in [-0.1, -0.05) is 24.6 Å². The van der Waals surface area contributed by atoms with Crippen LogP contribution in [-0.4, -0.2) is 52.4 Å². The fraction of sp³-hybridized carbons (Fsp3) is 0.550. The lowest BCUT2D eigenvalue weighted by molar-refractivity contribution is 0.281. The molecule has 0 radical (unpaired) electrons. The smallest absolute Gasteiger partial charge is 0.194 e. The Bertz CT molecular complexity index is 734. The van der Waals surface area contributed by atoms with E-state index in [1.165, 1.54) is 19.3 Å². The first-order valence-electron chi connectivity index (χ1n) is 9.86. The first kappa shape index (κ1) is 22.4. The second-order valence-corrected chi connectivity index (χ2v) is 6.75. The molecule has 0 saturated carbocycles. The molecule has 0 unspecified atom stereocenters. The van der Waals surface area contributed by atoms with Crippen molar-refractivity contribution in [1.29, 1.82) is 0 Å². The van der Waals surface area contributed by atoms with Crippen LogP contribution >= 0.6 is 24.0 Å². The van der Waals surface area contributed by atoms with E-state index in [2.05, 4.69) is 31.9 Å². The lowest BCUT2D eigenvalue weighted by atomic mass is 10.2. The molecule has 8 heteroatoms. The molecule has 0 spiro atoms. The summed E-state index contributed by atoms with van der Waals surface area (Å²) >= 11 is 0. The van der Waals surface area contributed by atoms with E-state index in [1.54, 1.807) is 0 Å². The summed E-state index contributed by atoms with van der Waals surface area (Å²) in [4.78, 5) is 6.86. The van der Waals surface area contributed by atoms with E-state index in [-0.39, 0.29) is 24.0 Å². The molecule has 0 saturated heterocycles. The largest absolute Gasteiger partial charge is 0.492 e. The van der Waals surface area contributed by atoms with Crippen LogP contribution in [-0.2, 0) is 19.5 Å². The van der Waals surface area contributed by atoms with Crippen molar-refractivity contribution in [3.05, 3.63) is 42.0 Å². The summed E-state index contributed by atoms with van der Waals surface area (Å²) in [5.74, 6) is 3.81. The number of fused-ring (bicyclic) bond motifs is 1. The summed E-state index contributed by atoms with van der Waals surface area (Å²) in [6, 6.07) is 9.88. The Balaban J connectivity index is 0.00000280. The molecule has 3 rings (SSSR count). The molecule has 2 heterocycles. The first-order valence-corrected chi connectivity index (χ1v) is 9.86. The van der Waals surface area contributed by atoms with Gasteiger partial charge in [-0.2, -0.15) is 0 Å². The fourth-order valence-electron chi connectivity index (χ4n) is 3.20. The molecule has 0 atom stereocenters. The number of likely N-dealkylation sites (N-methyl/N-ethyl adjacent to an activating group) is 1. The van der Waals surface area contributed by atoms with Crippen LogP contribution in [0, 0.1) is 0 Å². The maximum absolute atomic E-state index is 5.79. The molecule has 1 aliphatic rings. The zero-order valence-corrected chi connectivity index (χ0v) is 19.1. The molecular weight excluding hydrogens is 467 g/mol. The topological polar surface area (TPSA) is 67.6 Å². The zero-order valence-electron chi connectivity index (χ0n) is 16.8. The minimum absolute atomic E-state index is 0. The average Bonchev–Trinajstić information content (AvgIpc) is 2.92. The highest BCUT2D eigenvalue weighted by Crippen LogP contribution is 2.15. The Morgan fingerprint density at radius 2 is 2.04 bits per heavy atom. The number of aromatic nitrogens is 3. The maximum atomic E-state index is 5.79. The number of ether oxygens (including phenoxy) is 1. The van der Waals surface area contributed by atoms with Gasteiger partial charge in [-0.05, 0) is 31.9 Å². The van der Waals surface area contributed by atoms with Crippen LogP contribution in [0.2, 0.25) is 0 Å². The number of aliphatic imine (C=N–C) groups is 1. The monoisotopic (exact) mass is 498 g/mol. The molecule has 2 aromatic rings. The number of nitrogens with one attached hydrogen (secondary N) is 1. The molecule has 0 bridgehead atoms. The number of hydrogen-bond acceptors (Lipinski definition) is 4. The second kappa shape index (κ2) is 11.9. The summed E-state index contributed by atoms with van der Waals surface area (Å²) < 4.78 is 8.04. The van der Waals surface area contributed by atoms with Crippen molar-refractivity contribution in [1.82, 2.24) is 25.0 Å². The average molecular weight is 498 g/mol. The summed E-state index contributed by atoms with van der Waals surface area (Å²) in [5.41, 5.74) is 0. The van der Waals surface area contributed by atoms with Gasteiger partial charge in [0, 0.05) is 26.6 Å². The summed E-state index contributed by atoms with van der Waals surface area (Å²) in [5, 5.41) is 12.1. The number of rotatable bonds is 7. The van der Waals surface area contributed by atoms with E-state index in [9.17, 15) is 0 Å². The van der Waals surface area contributed by atoms with E-state index in [4.69, 9.17) is 9.73 Å². The number of nitrogens with zero attached hydrogens (tertiary/aromatic N) is 5. The van der Waals surface area contributed by atoms with Crippen LogP contribution in [0.3, 0.4) is 0 Å². The van der Waals surface area contributed by atoms with Crippen molar-refractivity contribution >= 4 is 29.9 Å². The third-order valence-electron chi connectivity index (χ3n) is 4.69. The van der Waals surface area contributed by atoms with E-state index in [0.29, 0.717) is 13.2 Å². The van der Waals surface area contributed by atoms with Crippen LogP contribution in [0.4, 0.5) is 0 Å². The van der Waals surface area contributed by atoms with Crippen LogP contribution < -0.4 is 10.1 Å². The van der Waals surface area contributed by atoms with Gasteiger partial charge in [0.25, 0.3) is 0 Å². The third-order valence-corrected chi connectivity index (χ3v) is 4.69. The Labute approximate surface area is 184 Å². The van der Waals surface area contributed by atoms with E-state index in [1.807, 2.05) is 37.4 Å². The minimum atomic E-state index is 0. The molecule has 7 nitrogen and oxygen atoms in total. The summed E-state index contributed by atoms with van der Waals surface area (Å²) in [7, 11) is 2.03. The van der Waals surface area contributed by atoms with Gasteiger partial charge in [-0.3, -0.25) is 0 Å². The van der Waals surface area contributed by atoms with Crippen molar-refractivity contribution in [2.75, 3.05) is 26.7 Å². The van der Waals surface area contributed by atoms with Crippen LogP contribution in [0.15, 0.2) is 35.3 Å². The minimum Gasteiger partial charge on any atom is -0.492 e. The number of para-hydroxylation sites is 1. The van der Waals surface area contributed by atoms with E-state index < -0.39 is 0 Å². The zero-order chi connectivity index (χ0) is 18.9. The van der Waals surface area contributed by atoms with Gasteiger partial charge in [-0.25, -0.2) is 4.99 Å². The molecule has 1 aromatic heterocycles. The molecule has 0 amide bonds. The highest BCUT2D eigenvalue weighted by atomic mass is 127. The number of aryl methyl sites for hydroxylation is 1. The Morgan fingerprint density at radius 3 is 2.82 bits per heavy atom. The third kappa shape index (κ3) is 6.35. The van der Waals surface area contributed by atoms with E-state index >= 15 is 0 Å². The van der Waals surface area contributed by atoms with Gasteiger partial charge in [0.05, 0.1) is 6.54 Å². The van der Waals surface area contributed by atoms with Crippen LogP contribution in [0.1, 0.15) is 37.8 Å². The SMILES string of the molecule is CCNC(=NCc1nnc2n1CCCCC2)N(C)CCOc1ccccc1.I. The predicted molar refractivity (Wildman–Crippen MR) is 122 cm³/mol. The lowest BCUT2D eigenvalue weighted by Crippen LogP contribution is -2.41. The van der Waals surface area contributed by atoms with Gasteiger partial charge in [0.1, 0.15) is 24.7 Å². The number of benzene rings is 1. The number of halogens is 1. The molecule has 28 heavy (non-hydrogen) atoms. The lowest BCUT2D eigenvalue weighted by Gasteiger charge is -2.22. The van der Waals surface area contributed by atoms with Crippen LogP contribution in [0.25, 0.3) is 0 Å². The van der Waals surface area contributed by atoms with Gasteiger partial charge in [0.15, 0.2) is 11.8 Å². The van der Waals surface area contributed by atoms with Crippen molar-refractivity contribution in [2.45, 2.75) is 45.7 Å². The second-order valence-electron chi connectivity index (χ2n) is 6.75. The molecule has 0 fully saturated rings. The standard InChI is InChI=1S/C20H30N6O.HI/c1-3-21-20(25(2)14-15-27-17-10-6-4-7-11-17)22-16-19-24-23-18-12-8-5-9-13-26(18)19;/h4,6-7,10-11H,3,5,8-9,12-16H2,1-2H3,(H,21,22);1H. The van der Waals surface area contributed by atoms with Gasteiger partial charge < -0.3 is 19.5 Å². The van der Waals surface area contributed by atoms with Crippen molar-refractivity contribution in [2.24, 2.45) is 4.99 Å². The van der Waals surface area contributed by atoms with Crippen molar-refractivity contribution in [3.63, 3.8) is 0 Å². The molecule has 0 aliphatic carbocycles. The molecule has 1 aromatic carbocycles. The van der Waals surface area contributed by atoms with Gasteiger partial charge in [-0.15, -0.1) is 34.2 Å². The predicted octanol–water partition coefficient (Wildman–Crippen LogP) is 3.10. The van der Waals surface area contributed by atoms with Crippen molar-refractivity contribution in [3.8, 4) is 5.75 Å². The summed E-state index contributed by atoms with van der Waals surface area (Å²) in [6.45, 7) is 5.79. The number of hydrogen-bond donors (Lipinski definition) is 1. The molecule has 1 aliphatic heterocycles. The first-order chi connectivity index (χ1) is 13.3. The normalized spacial score (nSPS) is 13.9. The van der Waals surface area contributed by atoms with Gasteiger partial charge in [0.2, 0.25) is 0 Å². The fourth-order valence-corrected chi connectivity index (χ4v) is 3.20. The highest BCUT2D eigenvalue weighted by molar-refractivity contribution is 14.0. The Hall–Kier alpha value is -1.84. The Kier molecular flexibility index (Phi) is 9.52. The maximum Gasteiger partial charge on any atom is 0.194 e. The summed E-state index contributed by atoms with van der Waals surface area (Å²) in [6.07, 6.45) is 4.68. The van der Waals surface area contributed by atoms with E-state index in [0.717, 1.165) is 49.4 Å². The molecular formula is C20H31IN6O. The quantitative estimate of drug-likeness (QED) is 0.361. The van der Waals surface area contributed by atoms with Crippen LogP contribution in [0.5, 0.6) is 5.75 Å². The number of guanidine groups is 1. The van der Waals surface area contributed by atoms with Crippen molar-refractivity contribution < 1.29 is 4.74 Å². The van der Waals surface area contributed by atoms with Gasteiger partial charge >= 0.3 is 0 Å².